The molecule has 2 rings (SSSR count). The minimum absolute atomic E-state index is 0.133. The molecule has 2 amide bonds. The van der Waals surface area contributed by atoms with Crippen LogP contribution in [0.4, 0.5) is 4.79 Å². The van der Waals surface area contributed by atoms with Gasteiger partial charge in [0, 0.05) is 11.8 Å². The maximum atomic E-state index is 12.4. The van der Waals surface area contributed by atoms with Crippen LogP contribution in [0.15, 0.2) is 30.3 Å². The predicted octanol–water partition coefficient (Wildman–Crippen LogP) is 3.39. The molecule has 0 aromatic heterocycles. The summed E-state index contributed by atoms with van der Waals surface area (Å²) in [4.78, 5) is 25.5. The number of ether oxygens (including phenoxy) is 1. The van der Waals surface area contributed by atoms with Gasteiger partial charge in [0.2, 0.25) is 5.91 Å². The maximum Gasteiger partial charge on any atom is 0.416 e. The van der Waals surface area contributed by atoms with Gasteiger partial charge in [0.25, 0.3) is 0 Å². The maximum absolute atomic E-state index is 12.4. The van der Waals surface area contributed by atoms with Gasteiger partial charge in [-0.15, -0.1) is 0 Å². The summed E-state index contributed by atoms with van der Waals surface area (Å²) in [5.74, 6) is 0.120. The lowest BCUT2D eigenvalue weighted by Gasteiger charge is -2.21. The SMILES string of the molecule is CC(CCBr)CC(=O)N1C(=O)OC[C@@H]1Cc1ccccc1. The first-order valence-corrected chi connectivity index (χ1v) is 8.32. The predicted molar refractivity (Wildman–Crippen MR) is 84.3 cm³/mol. The van der Waals surface area contributed by atoms with Crippen molar-refractivity contribution in [1.82, 2.24) is 4.90 Å². The highest BCUT2D eigenvalue weighted by Gasteiger charge is 2.37. The lowest BCUT2D eigenvalue weighted by atomic mass is 10.0. The van der Waals surface area contributed by atoms with E-state index in [0.717, 1.165) is 17.3 Å². The number of amides is 2. The highest BCUT2D eigenvalue weighted by Crippen LogP contribution is 2.20. The lowest BCUT2D eigenvalue weighted by molar-refractivity contribution is -0.130. The summed E-state index contributed by atoms with van der Waals surface area (Å²) in [5, 5.41) is 0.860. The minimum Gasteiger partial charge on any atom is -0.447 e. The Kier molecular flexibility index (Phi) is 5.79. The Morgan fingerprint density at radius 1 is 1.43 bits per heavy atom. The molecule has 1 fully saturated rings. The number of nitrogens with zero attached hydrogens (tertiary/aromatic N) is 1. The van der Waals surface area contributed by atoms with Crippen LogP contribution in [0.5, 0.6) is 0 Å². The van der Waals surface area contributed by atoms with Crippen LogP contribution in [-0.2, 0) is 16.0 Å². The third-order valence-corrected chi connectivity index (χ3v) is 4.13. The molecule has 4 nitrogen and oxygen atoms in total. The van der Waals surface area contributed by atoms with E-state index in [1.807, 2.05) is 37.3 Å². The zero-order chi connectivity index (χ0) is 15.2. The fraction of sp³-hybridized carbons (Fsp3) is 0.500. The Morgan fingerprint density at radius 2 is 2.14 bits per heavy atom. The summed E-state index contributed by atoms with van der Waals surface area (Å²) < 4.78 is 5.07. The molecular weight excluding hydrogens is 334 g/mol. The zero-order valence-electron chi connectivity index (χ0n) is 12.1. The largest absolute Gasteiger partial charge is 0.447 e. The Morgan fingerprint density at radius 3 is 2.81 bits per heavy atom. The molecule has 5 heteroatoms. The fourth-order valence-electron chi connectivity index (χ4n) is 2.49. The monoisotopic (exact) mass is 353 g/mol. The highest BCUT2D eigenvalue weighted by atomic mass is 79.9. The van der Waals surface area contributed by atoms with Crippen LogP contribution in [0.3, 0.4) is 0 Å². The second-order valence-electron chi connectivity index (χ2n) is 5.47. The van der Waals surface area contributed by atoms with Crippen LogP contribution in [0.1, 0.15) is 25.3 Å². The molecule has 0 aliphatic carbocycles. The molecule has 1 saturated heterocycles. The van der Waals surface area contributed by atoms with Crippen molar-refractivity contribution in [3.63, 3.8) is 0 Å². The minimum atomic E-state index is -0.507. The number of halogens is 1. The molecule has 1 aromatic carbocycles. The van der Waals surface area contributed by atoms with E-state index in [0.29, 0.717) is 12.8 Å². The van der Waals surface area contributed by atoms with E-state index in [4.69, 9.17) is 4.74 Å². The zero-order valence-corrected chi connectivity index (χ0v) is 13.7. The van der Waals surface area contributed by atoms with Gasteiger partial charge in [-0.25, -0.2) is 9.69 Å². The summed E-state index contributed by atoms with van der Waals surface area (Å²) in [7, 11) is 0. The second kappa shape index (κ2) is 7.59. The number of hydrogen-bond acceptors (Lipinski definition) is 3. The average Bonchev–Trinajstić information content (AvgIpc) is 2.81. The number of imide groups is 1. The van der Waals surface area contributed by atoms with Crippen molar-refractivity contribution in [3.8, 4) is 0 Å². The van der Waals surface area contributed by atoms with E-state index in [2.05, 4.69) is 15.9 Å². The topological polar surface area (TPSA) is 46.6 Å². The number of benzene rings is 1. The highest BCUT2D eigenvalue weighted by molar-refractivity contribution is 9.09. The average molecular weight is 354 g/mol. The van der Waals surface area contributed by atoms with Crippen LogP contribution >= 0.6 is 15.9 Å². The fourth-order valence-corrected chi connectivity index (χ4v) is 3.27. The van der Waals surface area contributed by atoms with Crippen LogP contribution in [0.25, 0.3) is 0 Å². The van der Waals surface area contributed by atoms with Crippen molar-refractivity contribution in [2.24, 2.45) is 5.92 Å². The van der Waals surface area contributed by atoms with Gasteiger partial charge in [0.15, 0.2) is 0 Å². The first-order valence-electron chi connectivity index (χ1n) is 7.20. The van der Waals surface area contributed by atoms with Crippen molar-refractivity contribution >= 4 is 27.9 Å². The van der Waals surface area contributed by atoms with E-state index in [-0.39, 0.29) is 24.5 Å². The van der Waals surface area contributed by atoms with Crippen molar-refractivity contribution in [2.75, 3.05) is 11.9 Å². The molecule has 1 aliphatic rings. The van der Waals surface area contributed by atoms with E-state index < -0.39 is 6.09 Å². The quantitative estimate of drug-likeness (QED) is 0.736. The van der Waals surface area contributed by atoms with Crippen LogP contribution in [-0.4, -0.2) is 34.9 Å². The van der Waals surface area contributed by atoms with Gasteiger partial charge in [-0.1, -0.05) is 53.2 Å². The molecule has 0 N–H and O–H groups in total. The Labute approximate surface area is 133 Å². The van der Waals surface area contributed by atoms with Gasteiger partial charge in [0.05, 0.1) is 6.04 Å². The van der Waals surface area contributed by atoms with E-state index in [1.165, 1.54) is 4.90 Å². The van der Waals surface area contributed by atoms with Gasteiger partial charge in [-0.2, -0.15) is 0 Å². The first kappa shape index (κ1) is 16.0. The molecule has 0 saturated carbocycles. The van der Waals surface area contributed by atoms with Gasteiger partial charge in [-0.3, -0.25) is 4.79 Å². The molecule has 0 radical (unpaired) electrons. The van der Waals surface area contributed by atoms with Gasteiger partial charge < -0.3 is 4.74 Å². The van der Waals surface area contributed by atoms with Gasteiger partial charge in [0.1, 0.15) is 6.61 Å². The number of carbonyl (C=O) groups is 2. The number of alkyl halides is 1. The summed E-state index contributed by atoms with van der Waals surface area (Å²) >= 11 is 3.37. The van der Waals surface area contributed by atoms with Crippen molar-refractivity contribution < 1.29 is 14.3 Å². The number of cyclic esters (lactones) is 1. The molecule has 2 atom stereocenters. The summed E-state index contributed by atoms with van der Waals surface area (Å²) in [6.45, 7) is 2.30. The molecule has 21 heavy (non-hydrogen) atoms. The smallest absolute Gasteiger partial charge is 0.416 e. The normalized spacial score (nSPS) is 19.4. The standard InChI is InChI=1S/C16H20BrNO3/c1-12(7-8-17)9-15(19)18-14(11-21-16(18)20)10-13-5-3-2-4-6-13/h2-6,12,14H,7-11H2,1H3/t12?,14-/m0/s1. The van der Waals surface area contributed by atoms with Crippen molar-refractivity contribution in [1.29, 1.82) is 0 Å². The Bertz CT molecular complexity index is 492. The van der Waals surface area contributed by atoms with Crippen molar-refractivity contribution in [3.05, 3.63) is 35.9 Å². The molecule has 114 valence electrons. The molecular formula is C16H20BrNO3. The third kappa shape index (κ3) is 4.30. The lowest BCUT2D eigenvalue weighted by Crippen LogP contribution is -2.40. The van der Waals surface area contributed by atoms with E-state index in [9.17, 15) is 9.59 Å². The van der Waals surface area contributed by atoms with Crippen LogP contribution in [0, 0.1) is 5.92 Å². The summed E-state index contributed by atoms with van der Waals surface area (Å²) in [6, 6.07) is 9.67. The number of carbonyl (C=O) groups excluding carboxylic acids is 2. The molecule has 1 heterocycles. The molecule has 1 unspecified atom stereocenters. The van der Waals surface area contributed by atoms with Gasteiger partial charge in [-0.05, 0) is 24.3 Å². The van der Waals surface area contributed by atoms with Crippen LogP contribution in [0.2, 0.25) is 0 Å². The summed E-state index contributed by atoms with van der Waals surface area (Å²) in [6.07, 6.45) is 1.43. The van der Waals surface area contributed by atoms with Crippen LogP contribution < -0.4 is 0 Å². The Balaban J connectivity index is 2.01. The number of hydrogen-bond donors (Lipinski definition) is 0. The summed E-state index contributed by atoms with van der Waals surface area (Å²) in [5.41, 5.74) is 1.10. The van der Waals surface area contributed by atoms with Gasteiger partial charge >= 0.3 is 6.09 Å². The van der Waals surface area contributed by atoms with E-state index >= 15 is 0 Å². The number of rotatable bonds is 6. The molecule has 1 aliphatic heterocycles. The van der Waals surface area contributed by atoms with E-state index in [1.54, 1.807) is 0 Å². The molecule has 1 aromatic rings. The molecule has 0 spiro atoms. The Hall–Kier alpha value is -1.36. The third-order valence-electron chi connectivity index (χ3n) is 3.67. The second-order valence-corrected chi connectivity index (χ2v) is 6.26. The first-order chi connectivity index (χ1) is 10.1. The molecule has 0 bridgehead atoms. The van der Waals surface area contributed by atoms with Crippen molar-refractivity contribution in [2.45, 2.75) is 32.2 Å².